The molecule has 18 heavy (non-hydrogen) atoms. The molecule has 2 N–H and O–H groups in total. The van der Waals surface area contributed by atoms with E-state index in [-0.39, 0.29) is 0 Å². The number of nitrogens with two attached hydrogens (primary N) is 1. The summed E-state index contributed by atoms with van der Waals surface area (Å²) in [6.07, 6.45) is 1.76. The molecule has 2 heterocycles. The minimum atomic E-state index is 0.422. The summed E-state index contributed by atoms with van der Waals surface area (Å²) in [7, 11) is 0. The van der Waals surface area contributed by atoms with Crippen LogP contribution >= 0.6 is 0 Å². The topological polar surface area (TPSA) is 64.7 Å². The Labute approximate surface area is 104 Å². The second-order valence-electron chi connectivity index (χ2n) is 4.57. The minimum Gasteiger partial charge on any atom is -0.464 e. The van der Waals surface area contributed by atoms with E-state index in [2.05, 4.69) is 11.2 Å². The van der Waals surface area contributed by atoms with Gasteiger partial charge in [0, 0.05) is 22.4 Å². The van der Waals surface area contributed by atoms with E-state index < -0.39 is 0 Å². The summed E-state index contributed by atoms with van der Waals surface area (Å²) in [5.41, 5.74) is 5.25. The van der Waals surface area contributed by atoms with E-state index in [9.17, 15) is 0 Å². The van der Waals surface area contributed by atoms with E-state index in [1.165, 1.54) is 0 Å². The van der Waals surface area contributed by atoms with Crippen molar-refractivity contribution in [2.24, 2.45) is 10.9 Å². The fraction of sp³-hybridized carbons (Fsp3) is 0.214. The van der Waals surface area contributed by atoms with Gasteiger partial charge in [0.1, 0.15) is 11.2 Å². The molecule has 92 valence electrons. The normalized spacial score (nSPS) is 12.7. The van der Waals surface area contributed by atoms with Gasteiger partial charge >= 0.3 is 0 Å². The quantitative estimate of drug-likeness (QED) is 0.487. The zero-order valence-corrected chi connectivity index (χ0v) is 10.6. The molecule has 3 aromatic rings. The van der Waals surface area contributed by atoms with Crippen LogP contribution in [0.3, 0.4) is 0 Å². The number of fused-ring (bicyclic) bond motifs is 2. The highest BCUT2D eigenvalue weighted by Gasteiger charge is 2.12. The number of hydrogen-bond acceptors (Lipinski definition) is 4. The summed E-state index contributed by atoms with van der Waals surface area (Å²) in [5, 5.41) is 5.80. The molecule has 0 aliphatic heterocycles. The van der Waals surface area contributed by atoms with Crippen molar-refractivity contribution in [3.8, 4) is 0 Å². The van der Waals surface area contributed by atoms with Gasteiger partial charge in [-0.05, 0) is 38.0 Å². The Bertz CT molecular complexity index is 825. The van der Waals surface area contributed by atoms with E-state index in [0.29, 0.717) is 5.55 Å². The van der Waals surface area contributed by atoms with Gasteiger partial charge in [0.15, 0.2) is 0 Å². The van der Waals surface area contributed by atoms with Gasteiger partial charge in [-0.1, -0.05) is 0 Å². The van der Waals surface area contributed by atoms with Crippen molar-refractivity contribution in [1.82, 2.24) is 0 Å². The van der Waals surface area contributed by atoms with Crippen LogP contribution in [-0.4, -0.2) is 0 Å². The molecule has 0 aliphatic rings. The average molecular weight is 242 g/mol. The molecule has 0 aliphatic carbocycles. The molecule has 0 fully saturated rings. The number of nitrogens with zero attached hydrogens (tertiary/aromatic N) is 1. The van der Waals surface area contributed by atoms with Crippen LogP contribution < -0.4 is 11.4 Å². The zero-order valence-electron chi connectivity index (χ0n) is 10.6. The van der Waals surface area contributed by atoms with Crippen LogP contribution in [0.25, 0.3) is 21.9 Å². The van der Waals surface area contributed by atoms with E-state index in [1.807, 2.05) is 26.8 Å². The Morgan fingerprint density at radius 2 is 1.72 bits per heavy atom. The van der Waals surface area contributed by atoms with Crippen molar-refractivity contribution in [3.63, 3.8) is 0 Å². The fourth-order valence-electron chi connectivity index (χ4n) is 2.32. The Morgan fingerprint density at radius 3 is 2.44 bits per heavy atom. The highest BCUT2D eigenvalue weighted by Crippen LogP contribution is 2.31. The lowest BCUT2D eigenvalue weighted by Crippen LogP contribution is -2.05. The summed E-state index contributed by atoms with van der Waals surface area (Å²) in [6, 6.07) is 3.93. The van der Waals surface area contributed by atoms with Crippen LogP contribution in [0, 0.1) is 20.8 Å². The highest BCUT2D eigenvalue weighted by atomic mass is 16.3. The van der Waals surface area contributed by atoms with Crippen LogP contribution in [0.4, 0.5) is 0 Å². The van der Waals surface area contributed by atoms with Gasteiger partial charge in [0.05, 0.1) is 6.26 Å². The Balaban J connectivity index is 2.61. The van der Waals surface area contributed by atoms with Crippen LogP contribution in [0.2, 0.25) is 0 Å². The molecule has 0 spiro atoms. The minimum absolute atomic E-state index is 0.422. The van der Waals surface area contributed by atoms with Crippen molar-refractivity contribution in [2.45, 2.75) is 20.8 Å². The van der Waals surface area contributed by atoms with Crippen LogP contribution in [-0.2, 0) is 0 Å². The third kappa shape index (κ3) is 1.35. The summed E-state index contributed by atoms with van der Waals surface area (Å²) in [5.74, 6) is 5.28. The Hall–Kier alpha value is -2.23. The molecule has 0 saturated carbocycles. The second kappa shape index (κ2) is 3.63. The van der Waals surface area contributed by atoms with Crippen LogP contribution in [0.5, 0.6) is 0 Å². The van der Waals surface area contributed by atoms with Crippen molar-refractivity contribution in [3.05, 3.63) is 40.6 Å². The number of furan rings is 1. The molecule has 0 saturated heterocycles. The van der Waals surface area contributed by atoms with Gasteiger partial charge in [0.2, 0.25) is 5.55 Å². The summed E-state index contributed by atoms with van der Waals surface area (Å²) < 4.78 is 11.3. The van der Waals surface area contributed by atoms with E-state index in [4.69, 9.17) is 14.7 Å². The van der Waals surface area contributed by atoms with Gasteiger partial charge in [-0.3, -0.25) is 0 Å². The van der Waals surface area contributed by atoms with Gasteiger partial charge in [-0.25, -0.2) is 0 Å². The van der Waals surface area contributed by atoms with Gasteiger partial charge in [-0.2, -0.15) is 0 Å². The van der Waals surface area contributed by atoms with Crippen molar-refractivity contribution >= 4 is 21.9 Å². The maximum atomic E-state index is 5.69. The molecule has 4 nitrogen and oxygen atoms in total. The van der Waals surface area contributed by atoms with E-state index >= 15 is 0 Å². The molecule has 3 rings (SSSR count). The fourth-order valence-corrected chi connectivity index (χ4v) is 2.32. The lowest BCUT2D eigenvalue weighted by atomic mass is 10.0. The van der Waals surface area contributed by atoms with Gasteiger partial charge < -0.3 is 14.7 Å². The van der Waals surface area contributed by atoms with Crippen LogP contribution in [0.1, 0.15) is 16.7 Å². The third-order valence-corrected chi connectivity index (χ3v) is 3.34. The predicted octanol–water partition coefficient (Wildman–Crippen LogP) is 2.88. The summed E-state index contributed by atoms with van der Waals surface area (Å²) in [6.45, 7) is 6.04. The maximum absolute atomic E-state index is 5.69. The molecule has 1 aromatic carbocycles. The molecule has 0 atom stereocenters. The molecule has 0 amide bonds. The second-order valence-corrected chi connectivity index (χ2v) is 4.57. The first kappa shape index (κ1) is 10.9. The highest BCUT2D eigenvalue weighted by molar-refractivity contribution is 5.99. The van der Waals surface area contributed by atoms with Crippen molar-refractivity contribution < 1.29 is 8.83 Å². The number of aryl methyl sites for hydroxylation is 3. The van der Waals surface area contributed by atoms with Crippen LogP contribution in [0.15, 0.2) is 32.3 Å². The Morgan fingerprint density at radius 1 is 1.00 bits per heavy atom. The largest absolute Gasteiger partial charge is 0.464 e. The summed E-state index contributed by atoms with van der Waals surface area (Å²) in [4.78, 5) is 0. The average Bonchev–Trinajstić information content (AvgIpc) is 2.73. The lowest BCUT2D eigenvalue weighted by Gasteiger charge is -2.05. The zero-order chi connectivity index (χ0) is 12.9. The van der Waals surface area contributed by atoms with Gasteiger partial charge in [0.25, 0.3) is 0 Å². The number of benzene rings is 1. The molecule has 4 heteroatoms. The van der Waals surface area contributed by atoms with Gasteiger partial charge in [-0.15, -0.1) is 5.10 Å². The van der Waals surface area contributed by atoms with E-state index in [0.717, 1.165) is 38.6 Å². The predicted molar refractivity (Wildman–Crippen MR) is 69.9 cm³/mol. The standard InChI is InChI=1S/C14H14N2O2/c1-7-4-12(16-15)18-14-9(3)13-11(5-10(7)14)8(2)6-17-13/h4-6H,15H2,1-3H3. The lowest BCUT2D eigenvalue weighted by molar-refractivity contribution is 0.532. The van der Waals surface area contributed by atoms with Crippen molar-refractivity contribution in [2.75, 3.05) is 0 Å². The monoisotopic (exact) mass is 242 g/mol. The molecule has 0 unspecified atom stereocenters. The first-order valence-corrected chi connectivity index (χ1v) is 5.77. The molecule has 0 bridgehead atoms. The molecule has 0 radical (unpaired) electrons. The van der Waals surface area contributed by atoms with Crippen molar-refractivity contribution in [1.29, 1.82) is 0 Å². The number of hydrogen-bond donors (Lipinski definition) is 1. The maximum Gasteiger partial charge on any atom is 0.236 e. The summed E-state index contributed by atoms with van der Waals surface area (Å²) >= 11 is 0. The Kier molecular flexibility index (Phi) is 2.20. The third-order valence-electron chi connectivity index (χ3n) is 3.34. The van der Waals surface area contributed by atoms with E-state index in [1.54, 1.807) is 6.26 Å². The molecular weight excluding hydrogens is 228 g/mol. The number of rotatable bonds is 0. The first-order chi connectivity index (χ1) is 8.61. The SMILES string of the molecule is Cc1coc2c(C)c3oc(=NN)cc(C)c3cc12. The smallest absolute Gasteiger partial charge is 0.236 e. The molecule has 2 aromatic heterocycles. The molecular formula is C14H14N2O2. The first-order valence-electron chi connectivity index (χ1n) is 5.77.